The Bertz CT molecular complexity index is 703. The molecule has 2 aromatic rings. The molecule has 1 aliphatic heterocycles. The number of hydrogen-bond acceptors (Lipinski definition) is 1. The van der Waals surface area contributed by atoms with Crippen LogP contribution in [0.2, 0.25) is 5.02 Å². The van der Waals surface area contributed by atoms with Gasteiger partial charge in [0.2, 0.25) is 0 Å². The monoisotopic (exact) mass is 311 g/mol. The normalized spacial score (nSPS) is 14.9. The van der Waals surface area contributed by atoms with Crippen LogP contribution in [0.1, 0.15) is 38.2 Å². The van der Waals surface area contributed by atoms with Crippen LogP contribution in [0.3, 0.4) is 0 Å². The zero-order valence-corrected chi connectivity index (χ0v) is 14.0. The molecule has 0 atom stereocenters. The average molecular weight is 312 g/mol. The molecule has 0 N–H and O–H groups in total. The molecular weight excluding hydrogens is 290 g/mol. The number of rotatable bonds is 3. The number of anilines is 1. The van der Waals surface area contributed by atoms with Crippen LogP contribution in [0.25, 0.3) is 11.1 Å². The second-order valence-electron chi connectivity index (χ2n) is 6.26. The first-order valence-corrected chi connectivity index (χ1v) is 8.29. The van der Waals surface area contributed by atoms with Gasteiger partial charge in [-0.1, -0.05) is 50.2 Å². The van der Waals surface area contributed by atoms with Gasteiger partial charge in [-0.2, -0.15) is 0 Å². The van der Waals surface area contributed by atoms with E-state index < -0.39 is 0 Å². The molecule has 0 spiro atoms. The summed E-state index contributed by atoms with van der Waals surface area (Å²) in [5.74, 6) is 0.470. The summed E-state index contributed by atoms with van der Waals surface area (Å²) in [4.78, 5) is 2.32. The number of hydrogen-bond donors (Lipinski definition) is 0. The van der Waals surface area contributed by atoms with Crippen molar-refractivity contribution in [3.8, 4) is 11.1 Å². The Labute approximate surface area is 138 Å². The highest BCUT2D eigenvalue weighted by Crippen LogP contribution is 2.35. The summed E-state index contributed by atoms with van der Waals surface area (Å²) in [6.07, 6.45) is 2.29. The molecule has 0 saturated carbocycles. The molecule has 1 heterocycles. The van der Waals surface area contributed by atoms with Crippen LogP contribution in [-0.4, -0.2) is 6.54 Å². The third kappa shape index (κ3) is 2.91. The van der Waals surface area contributed by atoms with Crippen LogP contribution < -0.4 is 4.90 Å². The van der Waals surface area contributed by atoms with Crippen LogP contribution >= 0.6 is 11.6 Å². The minimum absolute atomic E-state index is 0.470. The van der Waals surface area contributed by atoms with E-state index in [0.717, 1.165) is 18.0 Å². The van der Waals surface area contributed by atoms with Crippen LogP contribution in [-0.2, 0) is 0 Å². The fourth-order valence-electron chi connectivity index (χ4n) is 3.17. The summed E-state index contributed by atoms with van der Waals surface area (Å²) >= 11 is 6.24. The predicted molar refractivity (Wildman–Crippen MR) is 96.7 cm³/mol. The zero-order valence-electron chi connectivity index (χ0n) is 13.3. The van der Waals surface area contributed by atoms with Gasteiger partial charge in [0.1, 0.15) is 0 Å². The molecule has 0 unspecified atom stereocenters. The van der Waals surface area contributed by atoms with Crippen molar-refractivity contribution < 1.29 is 0 Å². The predicted octanol–water partition coefficient (Wildman–Crippen LogP) is 6.24. The highest BCUT2D eigenvalue weighted by molar-refractivity contribution is 6.30. The quantitative estimate of drug-likeness (QED) is 0.648. The summed E-state index contributed by atoms with van der Waals surface area (Å²) in [6, 6.07) is 14.9. The van der Waals surface area contributed by atoms with E-state index >= 15 is 0 Å². The lowest BCUT2D eigenvalue weighted by Gasteiger charge is -2.21. The van der Waals surface area contributed by atoms with Gasteiger partial charge in [-0.3, -0.25) is 0 Å². The van der Waals surface area contributed by atoms with Gasteiger partial charge in [-0.05, 0) is 59.7 Å². The van der Waals surface area contributed by atoms with E-state index in [1.54, 1.807) is 0 Å². The van der Waals surface area contributed by atoms with Crippen molar-refractivity contribution in [2.24, 2.45) is 0 Å². The number of benzene rings is 2. The zero-order chi connectivity index (χ0) is 15.7. The SMILES string of the molecule is C=C1CCCN1c1cccc(-c2cc(Cl)ccc2C(C)C)c1. The van der Waals surface area contributed by atoms with Gasteiger partial charge in [0, 0.05) is 23.0 Å². The number of nitrogens with zero attached hydrogens (tertiary/aromatic N) is 1. The van der Waals surface area contributed by atoms with Crippen molar-refractivity contribution in [3.05, 3.63) is 65.3 Å². The summed E-state index contributed by atoms with van der Waals surface area (Å²) in [7, 11) is 0. The summed E-state index contributed by atoms with van der Waals surface area (Å²) < 4.78 is 0. The molecule has 1 saturated heterocycles. The molecule has 2 aromatic carbocycles. The Balaban J connectivity index is 2.06. The van der Waals surface area contributed by atoms with Crippen LogP contribution in [0.4, 0.5) is 5.69 Å². The molecule has 22 heavy (non-hydrogen) atoms. The summed E-state index contributed by atoms with van der Waals surface area (Å²) in [6.45, 7) is 9.69. The molecule has 0 bridgehead atoms. The van der Waals surface area contributed by atoms with Gasteiger partial charge < -0.3 is 4.90 Å². The minimum Gasteiger partial charge on any atom is -0.346 e. The fraction of sp³-hybridized carbons (Fsp3) is 0.300. The molecule has 114 valence electrons. The first-order chi connectivity index (χ1) is 10.6. The van der Waals surface area contributed by atoms with E-state index in [1.807, 2.05) is 6.07 Å². The van der Waals surface area contributed by atoms with E-state index in [-0.39, 0.29) is 0 Å². The maximum absolute atomic E-state index is 6.24. The third-order valence-electron chi connectivity index (χ3n) is 4.33. The van der Waals surface area contributed by atoms with Crippen molar-refractivity contribution in [2.45, 2.75) is 32.6 Å². The van der Waals surface area contributed by atoms with E-state index in [2.05, 4.69) is 61.7 Å². The second kappa shape index (κ2) is 6.18. The molecule has 3 rings (SSSR count). The topological polar surface area (TPSA) is 3.24 Å². The Morgan fingerprint density at radius 3 is 2.64 bits per heavy atom. The number of allylic oxidation sites excluding steroid dienone is 1. The van der Waals surface area contributed by atoms with Gasteiger partial charge in [-0.15, -0.1) is 0 Å². The van der Waals surface area contributed by atoms with Gasteiger partial charge >= 0.3 is 0 Å². The molecule has 0 radical (unpaired) electrons. The first kappa shape index (κ1) is 15.2. The Morgan fingerprint density at radius 2 is 1.95 bits per heavy atom. The molecule has 1 fully saturated rings. The van der Waals surface area contributed by atoms with Crippen molar-refractivity contribution in [1.29, 1.82) is 0 Å². The van der Waals surface area contributed by atoms with E-state index in [1.165, 1.54) is 34.5 Å². The Kier molecular flexibility index (Phi) is 4.26. The fourth-order valence-corrected chi connectivity index (χ4v) is 3.34. The molecule has 0 aromatic heterocycles. The molecule has 1 aliphatic rings. The molecular formula is C20H22ClN. The van der Waals surface area contributed by atoms with Crippen molar-refractivity contribution in [3.63, 3.8) is 0 Å². The maximum Gasteiger partial charge on any atom is 0.0414 e. The molecule has 1 nitrogen and oxygen atoms in total. The highest BCUT2D eigenvalue weighted by Gasteiger charge is 2.17. The van der Waals surface area contributed by atoms with Crippen molar-refractivity contribution >= 4 is 17.3 Å². The van der Waals surface area contributed by atoms with Crippen molar-refractivity contribution in [2.75, 3.05) is 11.4 Å². The van der Waals surface area contributed by atoms with E-state index in [9.17, 15) is 0 Å². The first-order valence-electron chi connectivity index (χ1n) is 7.91. The Morgan fingerprint density at radius 1 is 1.14 bits per heavy atom. The van der Waals surface area contributed by atoms with Gasteiger partial charge in [-0.25, -0.2) is 0 Å². The molecule has 2 heteroatoms. The maximum atomic E-state index is 6.24. The van der Waals surface area contributed by atoms with Gasteiger partial charge in [0.25, 0.3) is 0 Å². The summed E-state index contributed by atoms with van der Waals surface area (Å²) in [5.41, 5.74) is 6.24. The van der Waals surface area contributed by atoms with Gasteiger partial charge in [0.05, 0.1) is 0 Å². The van der Waals surface area contributed by atoms with E-state index in [4.69, 9.17) is 11.6 Å². The van der Waals surface area contributed by atoms with Crippen LogP contribution in [0, 0.1) is 0 Å². The second-order valence-corrected chi connectivity index (χ2v) is 6.69. The average Bonchev–Trinajstić information content (AvgIpc) is 2.93. The van der Waals surface area contributed by atoms with E-state index in [0.29, 0.717) is 5.92 Å². The lowest BCUT2D eigenvalue weighted by atomic mass is 9.92. The van der Waals surface area contributed by atoms with Crippen LogP contribution in [0.15, 0.2) is 54.7 Å². The lowest BCUT2D eigenvalue weighted by Crippen LogP contribution is -2.15. The smallest absolute Gasteiger partial charge is 0.0414 e. The third-order valence-corrected chi connectivity index (χ3v) is 4.57. The van der Waals surface area contributed by atoms with Gasteiger partial charge in [0.15, 0.2) is 0 Å². The van der Waals surface area contributed by atoms with Crippen molar-refractivity contribution in [1.82, 2.24) is 0 Å². The number of halogens is 1. The molecule has 0 aliphatic carbocycles. The van der Waals surface area contributed by atoms with Crippen LogP contribution in [0.5, 0.6) is 0 Å². The largest absolute Gasteiger partial charge is 0.346 e. The molecule has 0 amide bonds. The standard InChI is InChI=1S/C20H22ClN/c1-14(2)19-10-9-17(21)13-20(19)16-7-4-8-18(12-16)22-11-5-6-15(22)3/h4,7-10,12-14H,3,5-6,11H2,1-2H3. The highest BCUT2D eigenvalue weighted by atomic mass is 35.5. The summed E-state index contributed by atoms with van der Waals surface area (Å²) in [5, 5.41) is 0.787. The Hall–Kier alpha value is -1.73. The lowest BCUT2D eigenvalue weighted by molar-refractivity contribution is 0.869. The minimum atomic E-state index is 0.470.